The lowest BCUT2D eigenvalue weighted by molar-refractivity contribution is 0.0944. The average Bonchev–Trinajstić information content (AvgIpc) is 3.05. The maximum absolute atomic E-state index is 12.3. The van der Waals surface area contributed by atoms with Crippen molar-refractivity contribution in [2.45, 2.75) is 26.8 Å². The van der Waals surface area contributed by atoms with Gasteiger partial charge in [-0.05, 0) is 12.8 Å². The molecule has 0 fully saturated rings. The quantitative estimate of drug-likeness (QED) is 0.759. The maximum Gasteiger partial charge on any atom is 0.265 e. The van der Waals surface area contributed by atoms with Crippen LogP contribution in [0.4, 0.5) is 10.9 Å². The molecular formula is C13H19N5OS2. The summed E-state index contributed by atoms with van der Waals surface area (Å²) in [6.07, 6.45) is 1.72. The van der Waals surface area contributed by atoms with Crippen LogP contribution in [0.15, 0.2) is 11.6 Å². The Bertz CT molecular complexity index is 594. The van der Waals surface area contributed by atoms with Crippen molar-refractivity contribution in [2.75, 3.05) is 17.6 Å². The fourth-order valence-corrected chi connectivity index (χ4v) is 3.07. The van der Waals surface area contributed by atoms with Gasteiger partial charge in [0.15, 0.2) is 5.13 Å². The first-order chi connectivity index (χ1) is 9.97. The average molecular weight is 325 g/mol. The van der Waals surface area contributed by atoms with E-state index >= 15 is 0 Å². The zero-order valence-electron chi connectivity index (χ0n) is 12.2. The SMILES string of the molecule is CC(C)CNc1nc(N)c(C(=O)NC(C)c2nccs2)s1. The maximum atomic E-state index is 12.3. The summed E-state index contributed by atoms with van der Waals surface area (Å²) >= 11 is 2.78. The highest BCUT2D eigenvalue weighted by molar-refractivity contribution is 7.18. The Kier molecular flexibility index (Phi) is 5.13. The summed E-state index contributed by atoms with van der Waals surface area (Å²) in [5.41, 5.74) is 5.83. The van der Waals surface area contributed by atoms with Crippen LogP contribution in [0.1, 0.15) is 41.5 Å². The molecule has 0 spiro atoms. The number of hydrogen-bond acceptors (Lipinski definition) is 7. The van der Waals surface area contributed by atoms with E-state index in [1.807, 2.05) is 12.3 Å². The van der Waals surface area contributed by atoms with Crippen molar-refractivity contribution in [3.05, 3.63) is 21.5 Å². The molecule has 0 aliphatic rings. The molecule has 2 rings (SSSR count). The smallest absolute Gasteiger partial charge is 0.265 e. The number of amides is 1. The topological polar surface area (TPSA) is 92.9 Å². The number of carbonyl (C=O) groups is 1. The van der Waals surface area contributed by atoms with Crippen molar-refractivity contribution in [3.8, 4) is 0 Å². The van der Waals surface area contributed by atoms with Crippen molar-refractivity contribution >= 4 is 39.5 Å². The van der Waals surface area contributed by atoms with E-state index in [1.165, 1.54) is 22.7 Å². The number of nitrogens with two attached hydrogens (primary N) is 1. The highest BCUT2D eigenvalue weighted by Gasteiger charge is 2.19. The fourth-order valence-electron chi connectivity index (χ4n) is 1.63. The molecule has 0 bridgehead atoms. The number of rotatable bonds is 6. The Morgan fingerprint density at radius 2 is 2.19 bits per heavy atom. The third-order valence-electron chi connectivity index (χ3n) is 2.69. The van der Waals surface area contributed by atoms with Gasteiger partial charge in [-0.1, -0.05) is 25.2 Å². The van der Waals surface area contributed by atoms with Crippen LogP contribution in [-0.4, -0.2) is 22.4 Å². The van der Waals surface area contributed by atoms with Gasteiger partial charge in [0.25, 0.3) is 5.91 Å². The molecule has 0 radical (unpaired) electrons. The summed E-state index contributed by atoms with van der Waals surface area (Å²) in [5, 5.41) is 9.49. The Morgan fingerprint density at radius 3 is 2.81 bits per heavy atom. The molecule has 0 saturated heterocycles. The molecule has 1 amide bonds. The molecule has 0 saturated carbocycles. The molecule has 8 heteroatoms. The lowest BCUT2D eigenvalue weighted by atomic mass is 10.2. The molecular weight excluding hydrogens is 306 g/mol. The molecule has 1 unspecified atom stereocenters. The number of nitrogens with zero attached hydrogens (tertiary/aromatic N) is 2. The van der Waals surface area contributed by atoms with E-state index < -0.39 is 0 Å². The molecule has 6 nitrogen and oxygen atoms in total. The number of thiazole rings is 2. The summed E-state index contributed by atoms with van der Waals surface area (Å²) < 4.78 is 0. The van der Waals surface area contributed by atoms with Gasteiger partial charge in [0.1, 0.15) is 15.7 Å². The standard InChI is InChI=1S/C13H19N5OS2/c1-7(2)6-16-13-18-10(14)9(21-13)11(19)17-8(3)12-15-4-5-20-12/h4-5,7-8H,6,14H2,1-3H3,(H,16,18)(H,17,19). The summed E-state index contributed by atoms with van der Waals surface area (Å²) in [7, 11) is 0. The van der Waals surface area contributed by atoms with E-state index in [2.05, 4.69) is 34.4 Å². The van der Waals surface area contributed by atoms with E-state index in [4.69, 9.17) is 5.73 Å². The van der Waals surface area contributed by atoms with Crippen molar-refractivity contribution in [1.29, 1.82) is 0 Å². The van der Waals surface area contributed by atoms with E-state index in [-0.39, 0.29) is 17.8 Å². The Morgan fingerprint density at radius 1 is 1.43 bits per heavy atom. The van der Waals surface area contributed by atoms with Gasteiger partial charge in [0.2, 0.25) is 0 Å². The zero-order valence-corrected chi connectivity index (χ0v) is 13.8. The monoisotopic (exact) mass is 325 g/mol. The minimum atomic E-state index is -0.217. The van der Waals surface area contributed by atoms with Crippen LogP contribution in [0.3, 0.4) is 0 Å². The van der Waals surface area contributed by atoms with Crippen LogP contribution in [0, 0.1) is 5.92 Å². The Hall–Kier alpha value is -1.67. The largest absolute Gasteiger partial charge is 0.382 e. The van der Waals surface area contributed by atoms with E-state index in [9.17, 15) is 4.79 Å². The summed E-state index contributed by atoms with van der Waals surface area (Å²) in [6.45, 7) is 6.90. The Balaban J connectivity index is 2.02. The highest BCUT2D eigenvalue weighted by Crippen LogP contribution is 2.26. The fraction of sp³-hybridized carbons (Fsp3) is 0.462. The molecule has 0 aliphatic heterocycles. The zero-order chi connectivity index (χ0) is 15.4. The molecule has 1 atom stereocenters. The van der Waals surface area contributed by atoms with Gasteiger partial charge in [-0.15, -0.1) is 11.3 Å². The van der Waals surface area contributed by atoms with Gasteiger partial charge in [-0.25, -0.2) is 9.97 Å². The number of carbonyl (C=O) groups excluding carboxylic acids is 1. The molecule has 0 aliphatic carbocycles. The van der Waals surface area contributed by atoms with Crippen molar-refractivity contribution in [1.82, 2.24) is 15.3 Å². The lowest BCUT2D eigenvalue weighted by Crippen LogP contribution is -2.26. The van der Waals surface area contributed by atoms with Crippen LogP contribution in [0.25, 0.3) is 0 Å². The van der Waals surface area contributed by atoms with E-state index in [1.54, 1.807) is 6.20 Å². The normalized spacial score (nSPS) is 12.4. The van der Waals surface area contributed by atoms with Crippen LogP contribution < -0.4 is 16.4 Å². The number of hydrogen-bond donors (Lipinski definition) is 3. The van der Waals surface area contributed by atoms with Crippen molar-refractivity contribution < 1.29 is 4.79 Å². The number of nitrogens with one attached hydrogen (secondary N) is 2. The Labute approximate surface area is 131 Å². The van der Waals surface area contributed by atoms with Crippen LogP contribution in [0.5, 0.6) is 0 Å². The van der Waals surface area contributed by atoms with Crippen LogP contribution in [0.2, 0.25) is 0 Å². The number of aromatic nitrogens is 2. The summed E-state index contributed by atoms with van der Waals surface area (Å²) in [6, 6.07) is -0.147. The first-order valence-electron chi connectivity index (χ1n) is 6.67. The number of anilines is 2. The second-order valence-electron chi connectivity index (χ2n) is 5.07. The molecule has 2 aromatic heterocycles. The second kappa shape index (κ2) is 6.86. The predicted octanol–water partition coefficient (Wildman–Crippen LogP) is 2.74. The minimum absolute atomic E-state index is 0.147. The molecule has 0 aromatic carbocycles. The van der Waals surface area contributed by atoms with Gasteiger partial charge < -0.3 is 16.4 Å². The summed E-state index contributed by atoms with van der Waals surface area (Å²) in [4.78, 5) is 21.1. The molecule has 4 N–H and O–H groups in total. The minimum Gasteiger partial charge on any atom is -0.382 e. The van der Waals surface area contributed by atoms with Crippen molar-refractivity contribution in [2.24, 2.45) is 5.92 Å². The van der Waals surface area contributed by atoms with Gasteiger partial charge in [-0.3, -0.25) is 4.79 Å². The van der Waals surface area contributed by atoms with E-state index in [0.29, 0.717) is 15.9 Å². The van der Waals surface area contributed by atoms with Gasteiger partial charge in [0, 0.05) is 18.1 Å². The van der Waals surface area contributed by atoms with Gasteiger partial charge >= 0.3 is 0 Å². The van der Waals surface area contributed by atoms with Gasteiger partial charge in [-0.2, -0.15) is 0 Å². The highest BCUT2D eigenvalue weighted by atomic mass is 32.1. The van der Waals surface area contributed by atoms with Crippen LogP contribution >= 0.6 is 22.7 Å². The predicted molar refractivity (Wildman–Crippen MR) is 87.8 cm³/mol. The lowest BCUT2D eigenvalue weighted by Gasteiger charge is -2.10. The van der Waals surface area contributed by atoms with Gasteiger partial charge in [0.05, 0.1) is 6.04 Å². The first kappa shape index (κ1) is 15.7. The molecule has 114 valence electrons. The molecule has 21 heavy (non-hydrogen) atoms. The third-order valence-corrected chi connectivity index (χ3v) is 4.68. The first-order valence-corrected chi connectivity index (χ1v) is 8.37. The van der Waals surface area contributed by atoms with Crippen LogP contribution in [-0.2, 0) is 0 Å². The molecule has 2 aromatic rings. The second-order valence-corrected chi connectivity index (χ2v) is 7.00. The number of nitrogen functional groups attached to an aromatic ring is 1. The molecule has 2 heterocycles. The van der Waals surface area contributed by atoms with E-state index in [0.717, 1.165) is 11.6 Å². The third kappa shape index (κ3) is 4.15. The van der Waals surface area contributed by atoms with Crippen molar-refractivity contribution in [3.63, 3.8) is 0 Å². The summed E-state index contributed by atoms with van der Waals surface area (Å²) in [5.74, 6) is 0.540.